The highest BCUT2D eigenvalue weighted by molar-refractivity contribution is 7.17. The number of aromatic nitrogens is 1. The summed E-state index contributed by atoms with van der Waals surface area (Å²) in [6.45, 7) is 2.50. The van der Waals surface area contributed by atoms with Crippen LogP contribution in [0.15, 0.2) is 16.7 Å². The lowest BCUT2D eigenvalue weighted by Gasteiger charge is -2.30. The Bertz CT molecular complexity index is 892. The van der Waals surface area contributed by atoms with Crippen LogP contribution in [0.5, 0.6) is 0 Å². The van der Waals surface area contributed by atoms with Gasteiger partial charge in [-0.05, 0) is 31.9 Å². The van der Waals surface area contributed by atoms with Crippen LogP contribution in [0.1, 0.15) is 33.8 Å². The van der Waals surface area contributed by atoms with Crippen molar-refractivity contribution in [1.29, 1.82) is 0 Å². The number of likely N-dealkylation sites (tertiary alicyclic amines) is 1. The number of halogens is 3. The smallest absolute Gasteiger partial charge is 0.351 e. The molecule has 1 aliphatic rings. The normalized spacial score (nSPS) is 17.4. The molecule has 0 aliphatic carbocycles. The van der Waals surface area contributed by atoms with Crippen LogP contribution in [-0.2, 0) is 6.18 Å². The number of nitrogens with zero attached hydrogens (tertiary/aromatic N) is 2. The predicted octanol–water partition coefficient (Wildman–Crippen LogP) is 3.76. The van der Waals surface area contributed by atoms with Crippen LogP contribution in [0.25, 0.3) is 10.6 Å². The topological polar surface area (TPSA) is 58.4 Å². The third kappa shape index (κ3) is 4.11. The molecule has 2 aromatic rings. The monoisotopic (exact) mass is 397 g/mol. The Morgan fingerprint density at radius 3 is 2.89 bits per heavy atom. The number of alkyl halides is 3. The van der Waals surface area contributed by atoms with E-state index in [-0.39, 0.29) is 23.1 Å². The van der Waals surface area contributed by atoms with Crippen LogP contribution >= 0.6 is 11.3 Å². The predicted molar refractivity (Wildman–Crippen MR) is 95.0 cm³/mol. The number of hydrogen-bond acceptors (Lipinski definition) is 5. The van der Waals surface area contributed by atoms with E-state index in [1.165, 1.54) is 6.92 Å². The molecule has 1 unspecified atom stereocenters. The number of thiophene rings is 1. The molecule has 2 aromatic heterocycles. The van der Waals surface area contributed by atoms with Crippen molar-refractivity contribution in [2.24, 2.45) is 5.92 Å². The van der Waals surface area contributed by atoms with Crippen molar-refractivity contribution < 1.29 is 22.5 Å². The molecule has 0 saturated carbocycles. The van der Waals surface area contributed by atoms with E-state index in [0.717, 1.165) is 24.2 Å². The van der Waals surface area contributed by atoms with Gasteiger partial charge < -0.3 is 14.7 Å². The fourth-order valence-electron chi connectivity index (χ4n) is 3.02. The summed E-state index contributed by atoms with van der Waals surface area (Å²) in [5.74, 6) is 1.95. The second-order valence-corrected chi connectivity index (χ2v) is 7.34. The molecule has 1 atom stereocenters. The molecule has 0 aromatic carbocycles. The van der Waals surface area contributed by atoms with Gasteiger partial charge in [0, 0.05) is 37.7 Å². The maximum Gasteiger partial charge on any atom is 0.452 e. The lowest BCUT2D eigenvalue weighted by Crippen LogP contribution is -2.39. The molecule has 3 rings (SSSR count). The van der Waals surface area contributed by atoms with Crippen molar-refractivity contribution in [3.05, 3.63) is 28.3 Å². The average Bonchev–Trinajstić information content (AvgIpc) is 3.25. The molecule has 1 saturated heterocycles. The number of hydrogen-bond donors (Lipinski definition) is 1. The van der Waals surface area contributed by atoms with Gasteiger partial charge in [0.05, 0.1) is 9.75 Å². The Kier molecular flexibility index (Phi) is 5.46. The fraction of sp³-hybridized carbons (Fsp3) is 0.444. The van der Waals surface area contributed by atoms with Gasteiger partial charge in [0.25, 0.3) is 5.91 Å². The first-order chi connectivity index (χ1) is 12.8. The minimum atomic E-state index is -4.59. The summed E-state index contributed by atoms with van der Waals surface area (Å²) in [5.41, 5.74) is 0.0338. The standard InChI is InChI=1S/C18H18F3N3O2S/c1-11-15(23-26-16(11)18(19,20)21)13-5-6-14(27-13)17(25)24-9-3-4-12(10-24)7-8-22-2/h5-6,12,22H,3-4,9-10H2,1-2H3. The van der Waals surface area contributed by atoms with Gasteiger partial charge in [0.15, 0.2) is 0 Å². The second-order valence-electron chi connectivity index (χ2n) is 6.26. The minimum Gasteiger partial charge on any atom is -0.351 e. The highest BCUT2D eigenvalue weighted by atomic mass is 32.1. The summed E-state index contributed by atoms with van der Waals surface area (Å²) in [6.07, 6.45) is -2.79. The molecule has 0 spiro atoms. The molecule has 1 amide bonds. The number of amides is 1. The Morgan fingerprint density at radius 2 is 2.22 bits per heavy atom. The largest absolute Gasteiger partial charge is 0.452 e. The van der Waals surface area contributed by atoms with Crippen molar-refractivity contribution in [3.63, 3.8) is 0 Å². The fourth-order valence-corrected chi connectivity index (χ4v) is 4.03. The van der Waals surface area contributed by atoms with E-state index in [1.54, 1.807) is 24.1 Å². The van der Waals surface area contributed by atoms with Crippen molar-refractivity contribution in [1.82, 2.24) is 15.4 Å². The average molecular weight is 397 g/mol. The summed E-state index contributed by atoms with van der Waals surface area (Å²) in [5, 5.41) is 6.32. The second kappa shape index (κ2) is 7.64. The van der Waals surface area contributed by atoms with Crippen molar-refractivity contribution in [2.45, 2.75) is 25.9 Å². The minimum absolute atomic E-state index is 0.0799. The van der Waals surface area contributed by atoms with Crippen LogP contribution in [0.4, 0.5) is 13.2 Å². The van der Waals surface area contributed by atoms with Crippen LogP contribution < -0.4 is 5.32 Å². The van der Waals surface area contributed by atoms with Crippen LogP contribution in [0.3, 0.4) is 0 Å². The Morgan fingerprint density at radius 1 is 1.44 bits per heavy atom. The molecule has 0 bridgehead atoms. The molecular formula is C18H18F3N3O2S. The Hall–Kier alpha value is -2.47. The van der Waals surface area contributed by atoms with Gasteiger partial charge in [-0.25, -0.2) is 0 Å². The number of nitrogens with one attached hydrogen (secondary N) is 1. The van der Waals surface area contributed by atoms with E-state index in [1.807, 2.05) is 0 Å². The zero-order valence-electron chi connectivity index (χ0n) is 14.8. The van der Waals surface area contributed by atoms with E-state index < -0.39 is 11.9 Å². The number of carbonyl (C=O) groups excluding carboxylic acids is 1. The van der Waals surface area contributed by atoms with Gasteiger partial charge in [-0.3, -0.25) is 4.79 Å². The summed E-state index contributed by atoms with van der Waals surface area (Å²) < 4.78 is 43.1. The van der Waals surface area contributed by atoms with Crippen LogP contribution in [0, 0.1) is 24.8 Å². The molecule has 0 radical (unpaired) electrons. The third-order valence-corrected chi connectivity index (χ3v) is 5.42. The number of rotatable bonds is 2. The first-order valence-corrected chi connectivity index (χ1v) is 9.23. The molecule has 3 heterocycles. The molecule has 5 nitrogen and oxygen atoms in total. The van der Waals surface area contributed by atoms with Crippen LogP contribution in [-0.4, -0.2) is 36.1 Å². The van der Waals surface area contributed by atoms with Crippen molar-refractivity contribution in [3.8, 4) is 22.5 Å². The summed E-state index contributed by atoms with van der Waals surface area (Å²) in [7, 11) is 1.74. The molecule has 1 aliphatic heterocycles. The molecule has 1 fully saturated rings. The quantitative estimate of drug-likeness (QED) is 0.619. The first kappa shape index (κ1) is 19.3. The number of carbonyl (C=O) groups is 1. The van der Waals surface area contributed by atoms with Gasteiger partial charge >= 0.3 is 6.18 Å². The molecule has 9 heteroatoms. The van der Waals surface area contributed by atoms with E-state index in [2.05, 4.69) is 27.0 Å². The lowest BCUT2D eigenvalue weighted by molar-refractivity contribution is -0.156. The van der Waals surface area contributed by atoms with E-state index in [0.29, 0.717) is 22.8 Å². The van der Waals surface area contributed by atoms with Crippen molar-refractivity contribution >= 4 is 17.2 Å². The highest BCUT2D eigenvalue weighted by Gasteiger charge is 2.39. The molecular weight excluding hydrogens is 379 g/mol. The van der Waals surface area contributed by atoms with Gasteiger partial charge in [-0.1, -0.05) is 11.1 Å². The third-order valence-electron chi connectivity index (χ3n) is 4.34. The van der Waals surface area contributed by atoms with Gasteiger partial charge in [0.2, 0.25) is 5.76 Å². The zero-order chi connectivity index (χ0) is 19.6. The highest BCUT2D eigenvalue weighted by Crippen LogP contribution is 2.38. The van der Waals surface area contributed by atoms with Gasteiger partial charge in [0.1, 0.15) is 5.69 Å². The van der Waals surface area contributed by atoms with Gasteiger partial charge in [-0.2, -0.15) is 13.2 Å². The maximum atomic E-state index is 12.9. The summed E-state index contributed by atoms with van der Waals surface area (Å²) in [4.78, 5) is 15.4. The molecule has 144 valence electrons. The SMILES string of the molecule is CNC#CC1CCCN(C(=O)c2ccc(-c3noc(C(F)(F)F)c3C)s2)C1. The zero-order valence-corrected chi connectivity index (χ0v) is 15.6. The summed E-state index contributed by atoms with van der Waals surface area (Å²) >= 11 is 1.12. The Balaban J connectivity index is 1.78. The Labute approximate surface area is 158 Å². The summed E-state index contributed by atoms with van der Waals surface area (Å²) in [6, 6.07) is 6.04. The van der Waals surface area contributed by atoms with Crippen LogP contribution in [0.2, 0.25) is 0 Å². The van der Waals surface area contributed by atoms with Gasteiger partial charge in [-0.15, -0.1) is 11.3 Å². The van der Waals surface area contributed by atoms with E-state index >= 15 is 0 Å². The van der Waals surface area contributed by atoms with Crippen molar-refractivity contribution in [2.75, 3.05) is 20.1 Å². The molecule has 27 heavy (non-hydrogen) atoms. The number of piperidine rings is 1. The first-order valence-electron chi connectivity index (χ1n) is 8.41. The molecule has 1 N–H and O–H groups in total. The van der Waals surface area contributed by atoms with E-state index in [9.17, 15) is 18.0 Å². The van der Waals surface area contributed by atoms with E-state index in [4.69, 9.17) is 0 Å². The lowest BCUT2D eigenvalue weighted by atomic mass is 9.99. The maximum absolute atomic E-state index is 12.9.